The second-order valence-corrected chi connectivity index (χ2v) is 6.29. The van der Waals surface area contributed by atoms with E-state index in [0.717, 1.165) is 11.1 Å². The first kappa shape index (κ1) is 17.9. The molecule has 3 aromatic rings. The van der Waals surface area contributed by atoms with E-state index in [-0.39, 0.29) is 5.91 Å². The number of benzene rings is 2. The summed E-state index contributed by atoms with van der Waals surface area (Å²) in [5.41, 5.74) is 3.64. The Kier molecular flexibility index (Phi) is 5.81. The largest absolute Gasteiger partial charge is 0.350 e. The number of aromatic nitrogens is 2. The summed E-state index contributed by atoms with van der Waals surface area (Å²) in [4.78, 5) is 20.8. The van der Waals surface area contributed by atoms with Gasteiger partial charge in [-0.05, 0) is 41.8 Å². The van der Waals surface area contributed by atoms with Crippen molar-refractivity contribution in [2.24, 2.45) is 0 Å². The number of aryl methyl sites for hydroxylation is 1. The van der Waals surface area contributed by atoms with Gasteiger partial charge in [-0.3, -0.25) is 4.79 Å². The van der Waals surface area contributed by atoms with Crippen LogP contribution in [0, 0.1) is 6.92 Å². The Bertz CT molecular complexity index is 896. The Labute approximate surface area is 157 Å². The Balaban J connectivity index is 1.60. The third kappa shape index (κ3) is 4.80. The number of rotatable bonds is 6. The van der Waals surface area contributed by atoms with Crippen molar-refractivity contribution in [3.05, 3.63) is 88.2 Å². The molecule has 0 aliphatic carbocycles. The van der Waals surface area contributed by atoms with Gasteiger partial charge in [0.2, 0.25) is 5.95 Å². The van der Waals surface area contributed by atoms with Gasteiger partial charge in [0.05, 0.1) is 0 Å². The van der Waals surface area contributed by atoms with Crippen LogP contribution >= 0.6 is 11.6 Å². The maximum Gasteiger partial charge on any atom is 0.270 e. The smallest absolute Gasteiger partial charge is 0.270 e. The van der Waals surface area contributed by atoms with Crippen LogP contribution in [0.3, 0.4) is 0 Å². The molecule has 0 saturated carbocycles. The highest BCUT2D eigenvalue weighted by Gasteiger charge is 2.09. The number of hydrogen-bond acceptors (Lipinski definition) is 4. The van der Waals surface area contributed by atoms with Crippen molar-refractivity contribution in [3.63, 3.8) is 0 Å². The van der Waals surface area contributed by atoms with Gasteiger partial charge in [0.25, 0.3) is 5.91 Å². The molecule has 6 heteroatoms. The van der Waals surface area contributed by atoms with Crippen molar-refractivity contribution in [2.75, 3.05) is 5.32 Å². The first-order valence-corrected chi connectivity index (χ1v) is 8.64. The lowest BCUT2D eigenvalue weighted by Gasteiger charge is -2.09. The van der Waals surface area contributed by atoms with Crippen LogP contribution in [0.4, 0.5) is 5.95 Å². The Morgan fingerprint density at radius 1 is 1.04 bits per heavy atom. The summed E-state index contributed by atoms with van der Waals surface area (Å²) < 4.78 is 0. The predicted octanol–water partition coefficient (Wildman–Crippen LogP) is 3.98. The highest BCUT2D eigenvalue weighted by Crippen LogP contribution is 2.11. The van der Waals surface area contributed by atoms with Crippen molar-refractivity contribution < 1.29 is 4.79 Å². The van der Waals surface area contributed by atoms with Crippen LogP contribution in [0.15, 0.2) is 60.8 Å². The zero-order valence-corrected chi connectivity index (χ0v) is 15.1. The maximum atomic E-state index is 12.3. The number of amides is 1. The number of anilines is 1. The van der Waals surface area contributed by atoms with Crippen LogP contribution in [-0.4, -0.2) is 15.9 Å². The fourth-order valence-corrected chi connectivity index (χ4v) is 2.55. The average molecular weight is 367 g/mol. The highest BCUT2D eigenvalue weighted by atomic mass is 35.5. The van der Waals surface area contributed by atoms with Gasteiger partial charge in [-0.15, -0.1) is 0 Å². The van der Waals surface area contributed by atoms with Crippen LogP contribution < -0.4 is 10.6 Å². The standard InChI is InChI=1S/C20H19ClN4O/c1-14-4-2-3-5-16(14)13-24-20-22-11-10-18(25-20)19(26)23-12-15-6-8-17(21)9-7-15/h2-11H,12-13H2,1H3,(H,23,26)(H,22,24,25). The number of nitrogens with one attached hydrogen (secondary N) is 2. The van der Waals surface area contributed by atoms with Crippen molar-refractivity contribution in [2.45, 2.75) is 20.0 Å². The third-order valence-electron chi connectivity index (χ3n) is 3.95. The molecule has 2 N–H and O–H groups in total. The van der Waals surface area contributed by atoms with Gasteiger partial charge in [0, 0.05) is 24.3 Å². The normalized spacial score (nSPS) is 10.4. The summed E-state index contributed by atoms with van der Waals surface area (Å²) in [7, 11) is 0. The lowest BCUT2D eigenvalue weighted by molar-refractivity contribution is 0.0946. The van der Waals surface area contributed by atoms with Gasteiger partial charge in [0.15, 0.2) is 0 Å². The van der Waals surface area contributed by atoms with Gasteiger partial charge in [-0.25, -0.2) is 9.97 Å². The van der Waals surface area contributed by atoms with Crippen molar-refractivity contribution >= 4 is 23.5 Å². The van der Waals surface area contributed by atoms with Crippen LogP contribution in [-0.2, 0) is 13.1 Å². The van der Waals surface area contributed by atoms with Crippen LogP contribution in [0.5, 0.6) is 0 Å². The molecule has 0 spiro atoms. The molecule has 1 aromatic heterocycles. The van der Waals surface area contributed by atoms with Crippen molar-refractivity contribution in [1.82, 2.24) is 15.3 Å². The van der Waals surface area contributed by atoms with Gasteiger partial charge < -0.3 is 10.6 Å². The Morgan fingerprint density at radius 2 is 1.81 bits per heavy atom. The molecule has 1 heterocycles. The van der Waals surface area contributed by atoms with Crippen LogP contribution in [0.1, 0.15) is 27.2 Å². The number of nitrogens with zero attached hydrogens (tertiary/aromatic N) is 2. The predicted molar refractivity (Wildman–Crippen MR) is 103 cm³/mol. The number of hydrogen-bond donors (Lipinski definition) is 2. The zero-order chi connectivity index (χ0) is 18.4. The fraction of sp³-hybridized carbons (Fsp3) is 0.150. The van der Waals surface area contributed by atoms with Crippen molar-refractivity contribution in [1.29, 1.82) is 0 Å². The van der Waals surface area contributed by atoms with E-state index in [1.165, 1.54) is 5.56 Å². The van der Waals surface area contributed by atoms with Gasteiger partial charge in [0.1, 0.15) is 5.69 Å². The van der Waals surface area contributed by atoms with E-state index in [9.17, 15) is 4.79 Å². The number of carbonyl (C=O) groups is 1. The molecule has 2 aromatic carbocycles. The average Bonchev–Trinajstić information content (AvgIpc) is 2.67. The summed E-state index contributed by atoms with van der Waals surface area (Å²) in [6.45, 7) is 3.06. The molecule has 0 unspecified atom stereocenters. The number of carbonyl (C=O) groups excluding carboxylic acids is 1. The molecule has 0 radical (unpaired) electrons. The molecule has 0 saturated heterocycles. The fourth-order valence-electron chi connectivity index (χ4n) is 2.43. The minimum absolute atomic E-state index is 0.249. The SMILES string of the molecule is Cc1ccccc1CNc1nccc(C(=O)NCc2ccc(Cl)cc2)n1. The lowest BCUT2D eigenvalue weighted by Crippen LogP contribution is -2.24. The Morgan fingerprint density at radius 3 is 2.58 bits per heavy atom. The van der Waals surface area contributed by atoms with Crippen LogP contribution in [0.25, 0.3) is 0 Å². The minimum atomic E-state index is -0.249. The van der Waals surface area contributed by atoms with Gasteiger partial charge >= 0.3 is 0 Å². The molecule has 0 bridgehead atoms. The Hall–Kier alpha value is -2.92. The minimum Gasteiger partial charge on any atom is -0.350 e. The van der Waals surface area contributed by atoms with E-state index < -0.39 is 0 Å². The molecule has 0 fully saturated rings. The van der Waals surface area contributed by atoms with Crippen LogP contribution in [0.2, 0.25) is 5.02 Å². The quantitative estimate of drug-likeness (QED) is 0.692. The topological polar surface area (TPSA) is 66.9 Å². The second kappa shape index (κ2) is 8.45. The molecule has 5 nitrogen and oxygen atoms in total. The van der Waals surface area contributed by atoms with Gasteiger partial charge in [-0.1, -0.05) is 48.0 Å². The van der Waals surface area contributed by atoms with E-state index in [4.69, 9.17) is 11.6 Å². The molecule has 0 aliphatic heterocycles. The first-order chi connectivity index (χ1) is 12.6. The van der Waals surface area contributed by atoms with E-state index >= 15 is 0 Å². The monoisotopic (exact) mass is 366 g/mol. The molecular formula is C20H19ClN4O. The molecule has 1 amide bonds. The zero-order valence-electron chi connectivity index (χ0n) is 14.4. The lowest BCUT2D eigenvalue weighted by atomic mass is 10.1. The van der Waals surface area contributed by atoms with E-state index in [0.29, 0.717) is 29.8 Å². The third-order valence-corrected chi connectivity index (χ3v) is 4.20. The second-order valence-electron chi connectivity index (χ2n) is 5.85. The summed E-state index contributed by atoms with van der Waals surface area (Å²) in [5.74, 6) is 0.175. The molecule has 132 valence electrons. The summed E-state index contributed by atoms with van der Waals surface area (Å²) >= 11 is 5.86. The number of halogens is 1. The summed E-state index contributed by atoms with van der Waals surface area (Å²) in [5, 5.41) is 6.67. The van der Waals surface area contributed by atoms with Crippen molar-refractivity contribution in [3.8, 4) is 0 Å². The van der Waals surface area contributed by atoms with E-state index in [2.05, 4.69) is 33.6 Å². The molecule has 0 aliphatic rings. The van der Waals surface area contributed by atoms with Gasteiger partial charge in [-0.2, -0.15) is 0 Å². The molecule has 0 atom stereocenters. The highest BCUT2D eigenvalue weighted by molar-refractivity contribution is 6.30. The molecule has 26 heavy (non-hydrogen) atoms. The molecular weight excluding hydrogens is 348 g/mol. The van der Waals surface area contributed by atoms with E-state index in [1.807, 2.05) is 30.3 Å². The summed E-state index contributed by atoms with van der Waals surface area (Å²) in [6.07, 6.45) is 1.57. The summed E-state index contributed by atoms with van der Waals surface area (Å²) in [6, 6.07) is 17.0. The molecule has 3 rings (SSSR count). The maximum absolute atomic E-state index is 12.3. The van der Waals surface area contributed by atoms with E-state index in [1.54, 1.807) is 24.4 Å². The first-order valence-electron chi connectivity index (χ1n) is 8.26.